The summed E-state index contributed by atoms with van der Waals surface area (Å²) in [6.07, 6.45) is 9.24. The van der Waals surface area contributed by atoms with Crippen molar-refractivity contribution in [3.8, 4) is 39.8 Å². The van der Waals surface area contributed by atoms with Crippen LogP contribution in [0.15, 0.2) is 145 Å². The molecule has 0 aliphatic rings. The number of rotatable bonds is 5. The lowest BCUT2D eigenvalue weighted by Gasteiger charge is -2.11. The first-order chi connectivity index (χ1) is 21.8. The second-order valence-corrected chi connectivity index (χ2v) is 10.6. The molecule has 0 bridgehead atoms. The molecule has 0 aliphatic carbocycles. The van der Waals surface area contributed by atoms with E-state index < -0.39 is 0 Å². The van der Waals surface area contributed by atoms with Crippen LogP contribution in [0.4, 0.5) is 0 Å². The molecule has 0 amide bonds. The minimum Gasteiger partial charge on any atom is -0.436 e. The molecule has 0 saturated carbocycles. The van der Waals surface area contributed by atoms with E-state index in [-0.39, 0.29) is 0 Å². The van der Waals surface area contributed by atoms with Crippen LogP contribution in [0.5, 0.6) is 0 Å². The van der Waals surface area contributed by atoms with Crippen molar-refractivity contribution in [2.45, 2.75) is 0 Å². The topological polar surface area (TPSA) is 79.5 Å². The second kappa shape index (κ2) is 9.64. The highest BCUT2D eigenvalue weighted by atomic mass is 16.3. The Morgan fingerprint density at radius 3 is 2.18 bits per heavy atom. The number of pyridine rings is 1. The fourth-order valence-electron chi connectivity index (χ4n) is 5.92. The van der Waals surface area contributed by atoms with E-state index in [4.69, 9.17) is 9.40 Å². The van der Waals surface area contributed by atoms with Crippen LogP contribution in [0.25, 0.3) is 72.7 Å². The van der Waals surface area contributed by atoms with Crippen LogP contribution in [0, 0.1) is 0 Å². The number of aromatic nitrogens is 7. The van der Waals surface area contributed by atoms with Gasteiger partial charge in [-0.3, -0.25) is 4.98 Å². The number of hydrogen-bond acceptors (Lipinski definition) is 5. The molecular formula is C36H23N7O. The summed E-state index contributed by atoms with van der Waals surface area (Å²) in [5.74, 6) is 0.566. The van der Waals surface area contributed by atoms with Gasteiger partial charge in [0.1, 0.15) is 5.52 Å². The van der Waals surface area contributed by atoms with Crippen LogP contribution in [0.2, 0.25) is 0 Å². The van der Waals surface area contributed by atoms with Gasteiger partial charge in [-0.1, -0.05) is 24.3 Å². The maximum absolute atomic E-state index is 6.33. The van der Waals surface area contributed by atoms with Gasteiger partial charge < -0.3 is 8.98 Å². The lowest BCUT2D eigenvalue weighted by Crippen LogP contribution is -1.96. The quantitative estimate of drug-likeness (QED) is 0.210. The maximum Gasteiger partial charge on any atom is 0.227 e. The van der Waals surface area contributed by atoms with E-state index in [2.05, 4.69) is 80.4 Å². The van der Waals surface area contributed by atoms with Crippen molar-refractivity contribution in [1.82, 2.24) is 34.1 Å². The minimum atomic E-state index is 0.566. The van der Waals surface area contributed by atoms with Gasteiger partial charge in [0.05, 0.1) is 28.1 Å². The molecule has 5 aromatic heterocycles. The molecule has 4 aromatic carbocycles. The molecule has 0 radical (unpaired) electrons. The van der Waals surface area contributed by atoms with Crippen LogP contribution >= 0.6 is 0 Å². The molecule has 0 N–H and O–H groups in total. The fraction of sp³-hybridized carbons (Fsp3) is 0. The summed E-state index contributed by atoms with van der Waals surface area (Å²) in [7, 11) is 0. The van der Waals surface area contributed by atoms with Crippen molar-refractivity contribution in [1.29, 1.82) is 0 Å². The normalized spacial score (nSPS) is 11.6. The Labute approximate surface area is 251 Å². The summed E-state index contributed by atoms with van der Waals surface area (Å²) in [5, 5.41) is 11.1. The zero-order valence-corrected chi connectivity index (χ0v) is 23.3. The van der Waals surface area contributed by atoms with Crippen LogP contribution in [-0.2, 0) is 0 Å². The molecule has 208 valence electrons. The summed E-state index contributed by atoms with van der Waals surface area (Å²) in [6.45, 7) is 0. The number of hydrogen-bond donors (Lipinski definition) is 0. The van der Waals surface area contributed by atoms with E-state index in [1.165, 1.54) is 0 Å². The number of fused-ring (bicyclic) bond motifs is 4. The van der Waals surface area contributed by atoms with Gasteiger partial charge in [0.2, 0.25) is 5.89 Å². The first-order valence-corrected chi connectivity index (χ1v) is 14.3. The molecule has 0 fully saturated rings. The smallest absolute Gasteiger partial charge is 0.227 e. The molecule has 9 aromatic rings. The van der Waals surface area contributed by atoms with Gasteiger partial charge in [-0.25, -0.2) is 14.3 Å². The summed E-state index contributed by atoms with van der Waals surface area (Å²) in [5.41, 5.74) is 9.48. The summed E-state index contributed by atoms with van der Waals surface area (Å²) in [4.78, 5) is 9.43. The van der Waals surface area contributed by atoms with E-state index in [9.17, 15) is 0 Å². The van der Waals surface area contributed by atoms with Crippen molar-refractivity contribution >= 4 is 32.9 Å². The maximum atomic E-state index is 6.33. The van der Waals surface area contributed by atoms with E-state index >= 15 is 0 Å². The molecule has 8 heteroatoms. The molecule has 0 unspecified atom stereocenters. The molecular weight excluding hydrogens is 546 g/mol. The number of benzene rings is 4. The van der Waals surface area contributed by atoms with Gasteiger partial charge >= 0.3 is 0 Å². The number of nitrogens with zero attached hydrogens (tertiary/aromatic N) is 7. The van der Waals surface area contributed by atoms with Crippen LogP contribution in [0.3, 0.4) is 0 Å². The zero-order chi connectivity index (χ0) is 29.0. The van der Waals surface area contributed by atoms with E-state index in [0.29, 0.717) is 11.5 Å². The lowest BCUT2D eigenvalue weighted by atomic mass is 10.1. The SMILES string of the molecule is c1ccc(-c2cccc(-n3c4ccc(-n5cccn5)cc4c4ccc(-c5nc6ccc(-n7cccn7)cc6o5)cc43)c2)nc1. The Morgan fingerprint density at radius 2 is 1.39 bits per heavy atom. The molecule has 9 rings (SSSR count). The van der Waals surface area contributed by atoms with Crippen molar-refractivity contribution in [2.75, 3.05) is 0 Å². The average molecular weight is 570 g/mol. The second-order valence-electron chi connectivity index (χ2n) is 10.6. The Bertz CT molecular complexity index is 2440. The van der Waals surface area contributed by atoms with Gasteiger partial charge in [-0.2, -0.15) is 10.2 Å². The molecule has 0 aliphatic heterocycles. The Balaban J connectivity index is 1.25. The van der Waals surface area contributed by atoms with Crippen LogP contribution < -0.4 is 0 Å². The monoisotopic (exact) mass is 569 g/mol. The van der Waals surface area contributed by atoms with Crippen LogP contribution in [0.1, 0.15) is 0 Å². The first-order valence-electron chi connectivity index (χ1n) is 14.3. The van der Waals surface area contributed by atoms with Gasteiger partial charge in [0, 0.05) is 64.6 Å². The fourth-order valence-corrected chi connectivity index (χ4v) is 5.92. The molecule has 8 nitrogen and oxygen atoms in total. The van der Waals surface area contributed by atoms with E-state index in [0.717, 1.165) is 61.2 Å². The third kappa shape index (κ3) is 3.93. The average Bonchev–Trinajstić information content (AvgIpc) is 3.90. The minimum absolute atomic E-state index is 0.566. The van der Waals surface area contributed by atoms with Gasteiger partial charge in [-0.15, -0.1) is 0 Å². The molecule has 44 heavy (non-hydrogen) atoms. The largest absolute Gasteiger partial charge is 0.436 e. The third-order valence-electron chi connectivity index (χ3n) is 7.97. The molecule has 0 saturated heterocycles. The number of oxazole rings is 1. The van der Waals surface area contributed by atoms with Crippen LogP contribution in [-0.4, -0.2) is 34.1 Å². The van der Waals surface area contributed by atoms with Gasteiger partial charge in [-0.05, 0) is 78.9 Å². The van der Waals surface area contributed by atoms with Crippen molar-refractivity contribution in [3.05, 3.63) is 140 Å². The summed E-state index contributed by atoms with van der Waals surface area (Å²) >= 11 is 0. The molecule has 0 atom stereocenters. The van der Waals surface area contributed by atoms with Gasteiger partial charge in [0.15, 0.2) is 5.58 Å². The summed E-state index contributed by atoms with van der Waals surface area (Å²) < 4.78 is 12.3. The first kappa shape index (κ1) is 24.3. The molecule has 5 heterocycles. The highest BCUT2D eigenvalue weighted by molar-refractivity contribution is 6.10. The highest BCUT2D eigenvalue weighted by Gasteiger charge is 2.17. The van der Waals surface area contributed by atoms with Gasteiger partial charge in [0.25, 0.3) is 0 Å². The predicted octanol–water partition coefficient (Wildman–Crippen LogP) is 8.03. The predicted molar refractivity (Wildman–Crippen MR) is 171 cm³/mol. The lowest BCUT2D eigenvalue weighted by molar-refractivity contribution is 0.619. The Hall–Kier alpha value is -6.28. The third-order valence-corrected chi connectivity index (χ3v) is 7.97. The highest BCUT2D eigenvalue weighted by Crippen LogP contribution is 2.37. The van der Waals surface area contributed by atoms with Crippen molar-refractivity contribution in [2.24, 2.45) is 0 Å². The Morgan fingerprint density at radius 1 is 0.545 bits per heavy atom. The summed E-state index contributed by atoms with van der Waals surface area (Å²) in [6, 6.07) is 37.1. The van der Waals surface area contributed by atoms with Crippen molar-refractivity contribution in [3.63, 3.8) is 0 Å². The standard InChI is InChI=1S/C36H23N7O/c1-2-15-37-31(8-1)24-6-3-7-28(20-24)43-33-14-11-26(41-18-4-16-38-41)22-30(33)29-12-9-25(21-34(29)43)36-40-32-13-10-27(23-35(32)44-36)42-19-5-17-39-42/h1-23H. The zero-order valence-electron chi connectivity index (χ0n) is 23.3. The van der Waals surface area contributed by atoms with Crippen molar-refractivity contribution < 1.29 is 4.42 Å². The Kier molecular flexibility index (Phi) is 5.33. The van der Waals surface area contributed by atoms with E-state index in [1.807, 2.05) is 76.5 Å². The molecule has 0 spiro atoms. The van der Waals surface area contributed by atoms with E-state index in [1.54, 1.807) is 12.4 Å².